The van der Waals surface area contributed by atoms with Crippen molar-refractivity contribution in [1.29, 1.82) is 0 Å². The predicted molar refractivity (Wildman–Crippen MR) is 119 cm³/mol. The molecule has 0 radical (unpaired) electrons. The molecule has 4 aromatic heterocycles. The number of pyridine rings is 1. The highest BCUT2D eigenvalue weighted by atomic mass is 19.1. The molecule has 2 aromatic carbocycles. The van der Waals surface area contributed by atoms with Crippen molar-refractivity contribution >= 4 is 16.6 Å². The van der Waals surface area contributed by atoms with Crippen molar-refractivity contribution in [3.63, 3.8) is 0 Å². The topological polar surface area (TPSA) is 91.1 Å². The van der Waals surface area contributed by atoms with Crippen LogP contribution >= 0.6 is 0 Å². The summed E-state index contributed by atoms with van der Waals surface area (Å²) in [4.78, 5) is 26.8. The van der Waals surface area contributed by atoms with E-state index in [4.69, 9.17) is 4.52 Å². The van der Waals surface area contributed by atoms with Crippen LogP contribution in [-0.4, -0.2) is 29.1 Å². The Balaban J connectivity index is 1.55. The minimum Gasteiger partial charge on any atom is -0.332 e. The second-order valence-corrected chi connectivity index (χ2v) is 7.44. The van der Waals surface area contributed by atoms with Gasteiger partial charge in [-0.05, 0) is 48.5 Å². The normalized spacial score (nSPS) is 11.4. The van der Waals surface area contributed by atoms with Gasteiger partial charge < -0.3 is 4.52 Å². The molecule has 0 aliphatic carbocycles. The third kappa shape index (κ3) is 3.18. The molecule has 0 spiro atoms. The molecule has 8 nitrogen and oxygen atoms in total. The lowest BCUT2D eigenvalue weighted by molar-refractivity contribution is 0.431. The molecule has 6 aromatic rings. The molecule has 0 saturated carbocycles. The Bertz CT molecular complexity index is 1670. The lowest BCUT2D eigenvalue weighted by Gasteiger charge is -2.12. The van der Waals surface area contributed by atoms with E-state index in [0.29, 0.717) is 17.6 Å². The molecular formula is C24H15FN6O2. The summed E-state index contributed by atoms with van der Waals surface area (Å²) in [6.07, 6.45) is 3.27. The first-order chi connectivity index (χ1) is 16.2. The summed E-state index contributed by atoms with van der Waals surface area (Å²) in [5.41, 5.74) is 3.25. The number of para-hydroxylation sites is 2. The van der Waals surface area contributed by atoms with Crippen molar-refractivity contribution in [2.24, 2.45) is 0 Å². The summed E-state index contributed by atoms with van der Waals surface area (Å²) in [6, 6.07) is 18.9. The molecule has 33 heavy (non-hydrogen) atoms. The smallest absolute Gasteiger partial charge is 0.279 e. The van der Waals surface area contributed by atoms with E-state index in [-0.39, 0.29) is 28.8 Å². The fraction of sp³-hybridized carbons (Fsp3) is 0.0417. The van der Waals surface area contributed by atoms with Crippen molar-refractivity contribution in [2.75, 3.05) is 0 Å². The van der Waals surface area contributed by atoms with Crippen LogP contribution in [-0.2, 0) is 6.54 Å². The predicted octanol–water partition coefficient (Wildman–Crippen LogP) is 3.95. The van der Waals surface area contributed by atoms with Crippen LogP contribution in [0.2, 0.25) is 0 Å². The Labute approximate surface area is 185 Å². The first-order valence-electron chi connectivity index (χ1n) is 10.2. The van der Waals surface area contributed by atoms with Gasteiger partial charge in [0.25, 0.3) is 11.4 Å². The molecule has 0 amide bonds. The molecule has 6 rings (SSSR count). The van der Waals surface area contributed by atoms with Crippen LogP contribution in [0.15, 0.2) is 88.6 Å². The summed E-state index contributed by atoms with van der Waals surface area (Å²) < 4.78 is 22.1. The van der Waals surface area contributed by atoms with Crippen LogP contribution in [0.3, 0.4) is 0 Å². The number of benzene rings is 2. The fourth-order valence-electron chi connectivity index (χ4n) is 3.87. The Kier molecular flexibility index (Phi) is 4.32. The Morgan fingerprint density at radius 2 is 1.70 bits per heavy atom. The molecular weight excluding hydrogens is 423 g/mol. The van der Waals surface area contributed by atoms with Crippen molar-refractivity contribution in [1.82, 2.24) is 29.1 Å². The summed E-state index contributed by atoms with van der Waals surface area (Å²) in [7, 11) is 0. The minimum atomic E-state index is -0.358. The molecule has 0 fully saturated rings. The quantitative estimate of drug-likeness (QED) is 0.414. The second-order valence-electron chi connectivity index (χ2n) is 7.44. The van der Waals surface area contributed by atoms with Crippen molar-refractivity contribution in [3.8, 4) is 23.0 Å². The number of imidazole rings is 1. The number of hydrogen-bond donors (Lipinski definition) is 0. The average molecular weight is 438 g/mol. The van der Waals surface area contributed by atoms with Crippen molar-refractivity contribution in [2.45, 2.75) is 6.54 Å². The number of hydrogen-bond acceptors (Lipinski definition) is 6. The number of fused-ring (bicyclic) bond motifs is 3. The van der Waals surface area contributed by atoms with Gasteiger partial charge in [0.15, 0.2) is 5.69 Å². The molecule has 0 aliphatic heterocycles. The molecule has 0 saturated heterocycles. The van der Waals surface area contributed by atoms with Gasteiger partial charge in [0, 0.05) is 11.8 Å². The summed E-state index contributed by atoms with van der Waals surface area (Å²) in [5.74, 6) is 0.0252. The third-order valence-electron chi connectivity index (χ3n) is 5.42. The average Bonchev–Trinajstić information content (AvgIpc) is 3.51. The maximum Gasteiger partial charge on any atom is 0.279 e. The molecule has 4 heterocycles. The van der Waals surface area contributed by atoms with E-state index in [1.165, 1.54) is 12.1 Å². The van der Waals surface area contributed by atoms with Crippen molar-refractivity contribution in [3.05, 3.63) is 101 Å². The summed E-state index contributed by atoms with van der Waals surface area (Å²) >= 11 is 0. The van der Waals surface area contributed by atoms with Gasteiger partial charge in [-0.2, -0.15) is 4.98 Å². The zero-order valence-electron chi connectivity index (χ0n) is 17.1. The van der Waals surface area contributed by atoms with E-state index in [1.54, 1.807) is 33.6 Å². The molecule has 0 unspecified atom stereocenters. The Morgan fingerprint density at radius 1 is 0.909 bits per heavy atom. The third-order valence-corrected chi connectivity index (χ3v) is 5.42. The monoisotopic (exact) mass is 438 g/mol. The molecule has 9 heteroatoms. The van der Waals surface area contributed by atoms with Gasteiger partial charge in [0.1, 0.15) is 17.7 Å². The lowest BCUT2D eigenvalue weighted by atomic mass is 10.2. The highest BCUT2D eigenvalue weighted by Gasteiger charge is 2.21. The van der Waals surface area contributed by atoms with Crippen molar-refractivity contribution < 1.29 is 8.91 Å². The van der Waals surface area contributed by atoms with Crippen LogP contribution < -0.4 is 5.56 Å². The Morgan fingerprint density at radius 3 is 2.48 bits per heavy atom. The van der Waals surface area contributed by atoms with E-state index >= 15 is 0 Å². The summed E-state index contributed by atoms with van der Waals surface area (Å²) in [5, 5.41) is 3.98. The first-order valence-corrected chi connectivity index (χ1v) is 10.2. The fourth-order valence-corrected chi connectivity index (χ4v) is 3.87. The van der Waals surface area contributed by atoms with Crippen LogP contribution in [0.25, 0.3) is 39.5 Å². The van der Waals surface area contributed by atoms with Gasteiger partial charge in [0.2, 0.25) is 5.82 Å². The standard InChI is InChI=1S/C24H15FN6O2/c25-16-10-8-15(9-11-16)22-28-23(33-29-22)20-21-24(32)30(13-17-5-3-4-12-26-17)18-6-1-2-7-19(18)31(21)14-27-20/h1-12,14H,13H2. The maximum atomic E-state index is 13.7. The Hall–Kier alpha value is -4.66. The minimum absolute atomic E-state index is 0.105. The SMILES string of the molecule is O=c1c2c(-c3nc(-c4ccc(F)cc4)no3)ncn2c2ccccc2n1Cc1ccccn1. The highest BCUT2D eigenvalue weighted by Crippen LogP contribution is 2.26. The lowest BCUT2D eigenvalue weighted by Crippen LogP contribution is -2.24. The van der Waals surface area contributed by atoms with Crippen LogP contribution in [0.4, 0.5) is 4.39 Å². The molecule has 160 valence electrons. The number of rotatable bonds is 4. The highest BCUT2D eigenvalue weighted by molar-refractivity contribution is 5.83. The van der Waals surface area contributed by atoms with Gasteiger partial charge in [0.05, 0.1) is 23.3 Å². The van der Waals surface area contributed by atoms with Gasteiger partial charge >= 0.3 is 0 Å². The van der Waals surface area contributed by atoms with E-state index < -0.39 is 0 Å². The largest absolute Gasteiger partial charge is 0.332 e. The van der Waals surface area contributed by atoms with Crippen LogP contribution in [0, 0.1) is 5.82 Å². The summed E-state index contributed by atoms with van der Waals surface area (Å²) in [6.45, 7) is 0.298. The number of nitrogens with zero attached hydrogens (tertiary/aromatic N) is 6. The van der Waals surface area contributed by atoms with E-state index in [9.17, 15) is 9.18 Å². The zero-order chi connectivity index (χ0) is 22.4. The van der Waals surface area contributed by atoms with Crippen LogP contribution in [0.5, 0.6) is 0 Å². The van der Waals surface area contributed by atoms with Gasteiger partial charge in [-0.1, -0.05) is 23.4 Å². The molecule has 0 atom stereocenters. The van der Waals surface area contributed by atoms with E-state index in [2.05, 4.69) is 20.1 Å². The molecule has 0 bridgehead atoms. The number of aromatic nitrogens is 6. The van der Waals surface area contributed by atoms with E-state index in [1.807, 2.05) is 42.5 Å². The van der Waals surface area contributed by atoms with Crippen LogP contribution in [0.1, 0.15) is 5.69 Å². The first kappa shape index (κ1) is 19.1. The van der Waals surface area contributed by atoms with Gasteiger partial charge in [-0.15, -0.1) is 0 Å². The molecule has 0 aliphatic rings. The van der Waals surface area contributed by atoms with Gasteiger partial charge in [-0.25, -0.2) is 9.37 Å². The number of halogens is 1. The van der Waals surface area contributed by atoms with Gasteiger partial charge in [-0.3, -0.25) is 18.7 Å². The second kappa shape index (κ2) is 7.49. The van der Waals surface area contributed by atoms with E-state index in [0.717, 1.165) is 16.7 Å². The zero-order valence-corrected chi connectivity index (χ0v) is 17.1. The molecule has 0 N–H and O–H groups in total. The maximum absolute atomic E-state index is 13.7.